The van der Waals surface area contributed by atoms with E-state index in [0.717, 1.165) is 60.8 Å². The Balaban J connectivity index is 1.45. The smallest absolute Gasteiger partial charge is 0.338 e. The highest BCUT2D eigenvalue weighted by molar-refractivity contribution is 5.97. The molecule has 0 saturated carbocycles. The van der Waals surface area contributed by atoms with Gasteiger partial charge in [-0.2, -0.15) is 5.10 Å². The Labute approximate surface area is 188 Å². The van der Waals surface area contributed by atoms with Gasteiger partial charge in [-0.15, -0.1) is 0 Å². The second-order valence-corrected chi connectivity index (χ2v) is 8.94. The summed E-state index contributed by atoms with van der Waals surface area (Å²) >= 11 is 0. The minimum Gasteiger partial charge on any atom is -0.462 e. The zero-order valence-electron chi connectivity index (χ0n) is 19.2. The minimum absolute atomic E-state index is 0.0193. The van der Waals surface area contributed by atoms with E-state index in [1.54, 1.807) is 12.1 Å². The molecule has 0 unspecified atom stereocenters. The van der Waals surface area contributed by atoms with Crippen molar-refractivity contribution in [1.82, 2.24) is 20.1 Å². The molecule has 1 amide bonds. The Morgan fingerprint density at radius 1 is 1.25 bits per heavy atom. The lowest BCUT2D eigenvalue weighted by Gasteiger charge is -2.36. The maximum atomic E-state index is 12.9. The number of ether oxygens (including phenoxy) is 2. The Morgan fingerprint density at radius 3 is 2.66 bits per heavy atom. The third-order valence-corrected chi connectivity index (χ3v) is 6.48. The van der Waals surface area contributed by atoms with Gasteiger partial charge in [-0.1, -0.05) is 6.92 Å². The van der Waals surface area contributed by atoms with Crippen LogP contribution in [0, 0.1) is 19.3 Å². The first-order chi connectivity index (χ1) is 15.4. The number of hydrogen-bond acceptors (Lipinski definition) is 6. The van der Waals surface area contributed by atoms with Gasteiger partial charge in [0.25, 0.3) is 5.91 Å². The molecular weight excluding hydrogens is 408 g/mol. The van der Waals surface area contributed by atoms with E-state index in [2.05, 4.69) is 10.3 Å². The topological polar surface area (TPSA) is 95.3 Å². The second-order valence-electron chi connectivity index (χ2n) is 8.94. The number of carbonyl (C=O) groups is 2. The molecule has 172 valence electrons. The molecule has 0 radical (unpaired) electrons. The Hall–Kier alpha value is -2.74. The third-order valence-electron chi connectivity index (χ3n) is 6.48. The summed E-state index contributed by atoms with van der Waals surface area (Å²) in [5.41, 5.74) is 4.70. The predicted molar refractivity (Wildman–Crippen MR) is 119 cm³/mol. The average Bonchev–Trinajstić information content (AvgIpc) is 3.05. The van der Waals surface area contributed by atoms with Crippen molar-refractivity contribution in [3.8, 4) is 0 Å². The van der Waals surface area contributed by atoms with Gasteiger partial charge in [-0.25, -0.2) is 4.79 Å². The van der Waals surface area contributed by atoms with Crippen LogP contribution in [0.25, 0.3) is 0 Å². The van der Waals surface area contributed by atoms with Gasteiger partial charge in [0.2, 0.25) is 0 Å². The fourth-order valence-corrected chi connectivity index (χ4v) is 4.77. The second kappa shape index (κ2) is 9.40. The molecule has 1 N–H and O–H groups in total. The Bertz CT molecular complexity index is 987. The number of hydrogen-bond donors (Lipinski definition) is 1. The van der Waals surface area contributed by atoms with Crippen LogP contribution in [0.2, 0.25) is 0 Å². The fourth-order valence-electron chi connectivity index (χ4n) is 4.77. The van der Waals surface area contributed by atoms with Crippen LogP contribution < -0.4 is 5.32 Å². The molecule has 8 heteroatoms. The Morgan fingerprint density at radius 2 is 1.97 bits per heavy atom. The highest BCUT2D eigenvalue weighted by Crippen LogP contribution is 2.37. The third kappa shape index (κ3) is 4.70. The van der Waals surface area contributed by atoms with Gasteiger partial charge in [0, 0.05) is 44.1 Å². The van der Waals surface area contributed by atoms with Crippen LogP contribution in [-0.4, -0.2) is 53.0 Å². The molecule has 1 saturated heterocycles. The minimum atomic E-state index is -0.340. The molecule has 0 bridgehead atoms. The number of esters is 1. The van der Waals surface area contributed by atoms with E-state index in [-0.39, 0.29) is 17.3 Å². The van der Waals surface area contributed by atoms with E-state index < -0.39 is 0 Å². The number of nitrogens with one attached hydrogen (secondary N) is 1. The lowest BCUT2D eigenvalue weighted by Crippen LogP contribution is -2.40. The molecule has 4 rings (SSSR count). The SMILES string of the molecule is CCc1nn(CCCOC(=O)c2cc(C)nc(C)c2)c2c1C(=O)NCC1(CCOCC1)C2. The van der Waals surface area contributed by atoms with Gasteiger partial charge in [0.1, 0.15) is 0 Å². The van der Waals surface area contributed by atoms with Crippen molar-refractivity contribution in [3.63, 3.8) is 0 Å². The van der Waals surface area contributed by atoms with Crippen LogP contribution in [0.3, 0.4) is 0 Å². The zero-order valence-corrected chi connectivity index (χ0v) is 19.2. The number of pyridine rings is 1. The molecule has 1 fully saturated rings. The monoisotopic (exact) mass is 440 g/mol. The first-order valence-electron chi connectivity index (χ1n) is 11.5. The highest BCUT2D eigenvalue weighted by atomic mass is 16.5. The lowest BCUT2D eigenvalue weighted by molar-refractivity contribution is 0.0152. The fraction of sp³-hybridized carbons (Fsp3) is 0.583. The summed E-state index contributed by atoms with van der Waals surface area (Å²) in [6.45, 7) is 8.77. The largest absolute Gasteiger partial charge is 0.462 e. The number of nitrogens with zero attached hydrogens (tertiary/aromatic N) is 3. The summed E-state index contributed by atoms with van der Waals surface area (Å²) in [5.74, 6) is -0.367. The van der Waals surface area contributed by atoms with Crippen molar-refractivity contribution in [2.24, 2.45) is 5.41 Å². The van der Waals surface area contributed by atoms with Crippen molar-refractivity contribution in [1.29, 1.82) is 0 Å². The number of amides is 1. The first kappa shape index (κ1) is 22.5. The molecule has 0 atom stereocenters. The average molecular weight is 441 g/mol. The van der Waals surface area contributed by atoms with Gasteiger partial charge in [0.05, 0.1) is 29.1 Å². The molecule has 1 spiro atoms. The zero-order chi connectivity index (χ0) is 22.7. The summed E-state index contributed by atoms with van der Waals surface area (Å²) in [6.07, 6.45) is 4.01. The molecule has 8 nitrogen and oxygen atoms in total. The van der Waals surface area contributed by atoms with Crippen molar-refractivity contribution >= 4 is 11.9 Å². The normalized spacial score (nSPS) is 17.5. The van der Waals surface area contributed by atoms with Crippen LogP contribution >= 0.6 is 0 Å². The van der Waals surface area contributed by atoms with Crippen molar-refractivity contribution in [2.45, 2.75) is 59.4 Å². The number of aromatic nitrogens is 3. The summed E-state index contributed by atoms with van der Waals surface area (Å²) in [5, 5.41) is 7.89. The molecule has 2 aromatic rings. The maximum Gasteiger partial charge on any atom is 0.338 e. The van der Waals surface area contributed by atoms with E-state index in [1.165, 1.54) is 0 Å². The van der Waals surface area contributed by atoms with Crippen LogP contribution in [0.1, 0.15) is 69.7 Å². The molecule has 2 aliphatic rings. The van der Waals surface area contributed by atoms with Crippen molar-refractivity contribution in [2.75, 3.05) is 26.4 Å². The number of aryl methyl sites for hydroxylation is 4. The van der Waals surface area contributed by atoms with Crippen molar-refractivity contribution in [3.05, 3.63) is 46.0 Å². The maximum absolute atomic E-state index is 12.9. The van der Waals surface area contributed by atoms with Crippen molar-refractivity contribution < 1.29 is 19.1 Å². The van der Waals surface area contributed by atoms with E-state index in [0.29, 0.717) is 38.1 Å². The van der Waals surface area contributed by atoms with Gasteiger partial charge >= 0.3 is 5.97 Å². The predicted octanol–water partition coefficient (Wildman–Crippen LogP) is 2.79. The van der Waals surface area contributed by atoms with Gasteiger partial charge < -0.3 is 14.8 Å². The molecule has 0 aromatic carbocycles. The molecule has 0 aliphatic carbocycles. The Kier molecular flexibility index (Phi) is 6.60. The summed E-state index contributed by atoms with van der Waals surface area (Å²) in [7, 11) is 0. The van der Waals surface area contributed by atoms with Crippen LogP contribution in [0.4, 0.5) is 0 Å². The molecule has 2 aliphatic heterocycles. The molecule has 4 heterocycles. The first-order valence-corrected chi connectivity index (χ1v) is 11.5. The number of fused-ring (bicyclic) bond motifs is 1. The van der Waals surface area contributed by atoms with E-state index in [4.69, 9.17) is 14.6 Å². The van der Waals surface area contributed by atoms with Gasteiger partial charge in [-0.3, -0.25) is 14.5 Å². The van der Waals surface area contributed by atoms with Gasteiger partial charge in [-0.05, 0) is 57.1 Å². The van der Waals surface area contributed by atoms with E-state index >= 15 is 0 Å². The molecular formula is C24H32N4O4. The number of rotatable bonds is 6. The highest BCUT2D eigenvalue weighted by Gasteiger charge is 2.39. The standard InChI is InChI=1S/C24H32N4O4/c1-4-19-21-20(14-24(15-25-22(21)29)6-10-31-11-7-24)28(27-19)8-5-9-32-23(30)18-12-16(2)26-17(3)13-18/h12-13H,4-11,14-15H2,1-3H3,(H,25,29). The van der Waals surface area contributed by atoms with Crippen LogP contribution in [0.15, 0.2) is 12.1 Å². The van der Waals surface area contributed by atoms with Crippen LogP contribution in [0.5, 0.6) is 0 Å². The van der Waals surface area contributed by atoms with Crippen LogP contribution in [-0.2, 0) is 28.9 Å². The quantitative estimate of drug-likeness (QED) is 0.548. The summed E-state index contributed by atoms with van der Waals surface area (Å²) < 4.78 is 13.0. The van der Waals surface area contributed by atoms with E-state index in [9.17, 15) is 9.59 Å². The summed E-state index contributed by atoms with van der Waals surface area (Å²) in [6, 6.07) is 3.48. The molecule has 2 aromatic heterocycles. The van der Waals surface area contributed by atoms with E-state index in [1.807, 2.05) is 25.5 Å². The number of carbonyl (C=O) groups excluding carboxylic acids is 2. The van der Waals surface area contributed by atoms with Gasteiger partial charge in [0.15, 0.2) is 0 Å². The lowest BCUT2D eigenvalue weighted by atomic mass is 9.76. The molecule has 32 heavy (non-hydrogen) atoms. The summed E-state index contributed by atoms with van der Waals surface area (Å²) in [4.78, 5) is 29.6.